The topological polar surface area (TPSA) is 58.6 Å². The lowest BCUT2D eigenvalue weighted by Gasteiger charge is -2.11. The molecule has 0 bridgehead atoms. The van der Waals surface area contributed by atoms with Gasteiger partial charge in [0.25, 0.3) is 0 Å². The fourth-order valence-electron chi connectivity index (χ4n) is 1.68. The van der Waals surface area contributed by atoms with Crippen LogP contribution in [-0.2, 0) is 4.79 Å². The summed E-state index contributed by atoms with van der Waals surface area (Å²) in [6.45, 7) is 6.54. The van der Waals surface area contributed by atoms with Crippen molar-refractivity contribution in [2.24, 2.45) is 0 Å². The highest BCUT2D eigenvalue weighted by molar-refractivity contribution is 5.76. The van der Waals surface area contributed by atoms with Crippen molar-refractivity contribution in [3.8, 4) is 5.75 Å². The number of aryl methyl sites for hydroxylation is 2. The Labute approximate surface area is 114 Å². The predicted octanol–water partition coefficient (Wildman–Crippen LogP) is 1.96. The van der Waals surface area contributed by atoms with Crippen molar-refractivity contribution in [3.63, 3.8) is 0 Å². The fraction of sp³-hybridized carbons (Fsp3) is 0.533. The Balaban J connectivity index is 2.28. The number of carbonyl (C=O) groups is 1. The second-order valence-corrected chi connectivity index (χ2v) is 4.73. The van der Waals surface area contributed by atoms with E-state index in [2.05, 4.69) is 5.32 Å². The zero-order valence-corrected chi connectivity index (χ0v) is 11.9. The highest BCUT2D eigenvalue weighted by Crippen LogP contribution is 2.18. The molecule has 0 aliphatic carbocycles. The molecule has 0 aliphatic heterocycles. The van der Waals surface area contributed by atoms with Crippen LogP contribution >= 0.6 is 0 Å². The molecule has 106 valence electrons. The number of nitrogens with one attached hydrogen (secondary N) is 1. The van der Waals surface area contributed by atoms with E-state index in [1.807, 2.05) is 39.0 Å². The van der Waals surface area contributed by atoms with Gasteiger partial charge in [-0.05, 0) is 31.9 Å². The molecule has 1 aromatic rings. The SMILES string of the molecule is CCC(O)CNC(=O)CCOc1ccc(C)cc1C. The number of amides is 1. The highest BCUT2D eigenvalue weighted by Gasteiger charge is 2.06. The van der Waals surface area contributed by atoms with Crippen LogP contribution in [0, 0.1) is 13.8 Å². The second-order valence-electron chi connectivity index (χ2n) is 4.73. The summed E-state index contributed by atoms with van der Waals surface area (Å²) >= 11 is 0. The molecule has 0 fully saturated rings. The molecule has 1 amide bonds. The van der Waals surface area contributed by atoms with Gasteiger partial charge in [0.05, 0.1) is 19.1 Å². The maximum absolute atomic E-state index is 11.5. The lowest BCUT2D eigenvalue weighted by Crippen LogP contribution is -2.32. The molecule has 0 spiro atoms. The van der Waals surface area contributed by atoms with Crippen molar-refractivity contribution >= 4 is 5.91 Å². The van der Waals surface area contributed by atoms with Crippen molar-refractivity contribution in [1.29, 1.82) is 0 Å². The summed E-state index contributed by atoms with van der Waals surface area (Å²) in [6, 6.07) is 5.95. The summed E-state index contributed by atoms with van der Waals surface area (Å²) in [5, 5.41) is 12.0. The number of aliphatic hydroxyl groups excluding tert-OH is 1. The van der Waals surface area contributed by atoms with Gasteiger partial charge in [-0.2, -0.15) is 0 Å². The number of ether oxygens (including phenoxy) is 1. The van der Waals surface area contributed by atoms with E-state index >= 15 is 0 Å². The molecule has 4 heteroatoms. The van der Waals surface area contributed by atoms with Crippen LogP contribution in [0.3, 0.4) is 0 Å². The van der Waals surface area contributed by atoms with Gasteiger partial charge in [0.15, 0.2) is 0 Å². The van der Waals surface area contributed by atoms with Crippen LogP contribution < -0.4 is 10.1 Å². The summed E-state index contributed by atoms with van der Waals surface area (Å²) in [7, 11) is 0. The van der Waals surface area contributed by atoms with Gasteiger partial charge in [-0.3, -0.25) is 4.79 Å². The van der Waals surface area contributed by atoms with E-state index in [9.17, 15) is 9.90 Å². The van der Waals surface area contributed by atoms with Crippen LogP contribution in [0.5, 0.6) is 5.75 Å². The van der Waals surface area contributed by atoms with Gasteiger partial charge in [-0.25, -0.2) is 0 Å². The predicted molar refractivity (Wildman–Crippen MR) is 75.3 cm³/mol. The molecule has 1 aromatic carbocycles. The van der Waals surface area contributed by atoms with Crippen LogP contribution in [-0.4, -0.2) is 30.3 Å². The summed E-state index contributed by atoms with van der Waals surface area (Å²) in [5.74, 6) is 0.712. The van der Waals surface area contributed by atoms with Crippen LogP contribution in [0.4, 0.5) is 0 Å². The Morgan fingerprint density at radius 3 is 2.79 bits per heavy atom. The number of hydrogen-bond acceptors (Lipinski definition) is 3. The van der Waals surface area contributed by atoms with Crippen molar-refractivity contribution < 1.29 is 14.6 Å². The quantitative estimate of drug-likeness (QED) is 0.792. The van der Waals surface area contributed by atoms with Gasteiger partial charge < -0.3 is 15.2 Å². The van der Waals surface area contributed by atoms with Crippen molar-refractivity contribution in [2.45, 2.75) is 39.7 Å². The molecule has 0 aliphatic rings. The van der Waals surface area contributed by atoms with Crippen molar-refractivity contribution in [2.75, 3.05) is 13.2 Å². The number of aliphatic hydroxyl groups is 1. The molecule has 1 atom stereocenters. The molecule has 0 aromatic heterocycles. The van der Waals surface area contributed by atoms with Gasteiger partial charge in [-0.1, -0.05) is 24.6 Å². The van der Waals surface area contributed by atoms with Gasteiger partial charge in [0.1, 0.15) is 5.75 Å². The zero-order valence-electron chi connectivity index (χ0n) is 11.9. The first-order valence-corrected chi connectivity index (χ1v) is 6.67. The molecular weight excluding hydrogens is 242 g/mol. The number of carbonyl (C=O) groups excluding carboxylic acids is 1. The van der Waals surface area contributed by atoms with E-state index in [0.717, 1.165) is 11.3 Å². The summed E-state index contributed by atoms with van der Waals surface area (Å²) in [5.41, 5.74) is 2.26. The van der Waals surface area contributed by atoms with Gasteiger partial charge in [0, 0.05) is 6.54 Å². The normalized spacial score (nSPS) is 12.0. The summed E-state index contributed by atoms with van der Waals surface area (Å²) in [4.78, 5) is 11.5. The van der Waals surface area contributed by atoms with Gasteiger partial charge in [0.2, 0.25) is 5.91 Å². The maximum Gasteiger partial charge on any atom is 0.223 e. The van der Waals surface area contributed by atoms with Crippen molar-refractivity contribution in [1.82, 2.24) is 5.32 Å². The number of hydrogen-bond donors (Lipinski definition) is 2. The first kappa shape index (κ1) is 15.5. The minimum atomic E-state index is -0.468. The Hall–Kier alpha value is -1.55. The number of benzene rings is 1. The monoisotopic (exact) mass is 265 g/mol. The third kappa shape index (κ3) is 5.75. The highest BCUT2D eigenvalue weighted by atomic mass is 16.5. The van der Waals surface area contributed by atoms with Crippen LogP contribution in [0.2, 0.25) is 0 Å². The molecule has 2 N–H and O–H groups in total. The average molecular weight is 265 g/mol. The molecule has 1 rings (SSSR count). The molecule has 19 heavy (non-hydrogen) atoms. The first-order chi connectivity index (χ1) is 9.02. The average Bonchev–Trinajstić information content (AvgIpc) is 2.38. The van der Waals surface area contributed by atoms with E-state index in [1.165, 1.54) is 5.56 Å². The van der Waals surface area contributed by atoms with Crippen LogP contribution in [0.15, 0.2) is 18.2 Å². The molecule has 0 saturated heterocycles. The Bertz CT molecular complexity index is 418. The van der Waals surface area contributed by atoms with E-state index in [4.69, 9.17) is 4.74 Å². The molecule has 1 unspecified atom stereocenters. The molecule has 0 radical (unpaired) electrons. The third-order valence-electron chi connectivity index (χ3n) is 2.92. The molecule has 0 heterocycles. The third-order valence-corrected chi connectivity index (χ3v) is 2.92. The molecule has 0 saturated carbocycles. The van der Waals surface area contributed by atoms with Crippen LogP contribution in [0.25, 0.3) is 0 Å². The van der Waals surface area contributed by atoms with E-state index in [0.29, 0.717) is 26.0 Å². The Morgan fingerprint density at radius 1 is 1.42 bits per heavy atom. The summed E-state index contributed by atoms with van der Waals surface area (Å²) < 4.78 is 5.57. The summed E-state index contributed by atoms with van der Waals surface area (Å²) in [6.07, 6.45) is 0.465. The first-order valence-electron chi connectivity index (χ1n) is 6.67. The minimum absolute atomic E-state index is 0.0998. The van der Waals surface area contributed by atoms with E-state index < -0.39 is 6.10 Å². The van der Waals surface area contributed by atoms with Crippen molar-refractivity contribution in [3.05, 3.63) is 29.3 Å². The smallest absolute Gasteiger partial charge is 0.223 e. The molecular formula is C15H23NO3. The Morgan fingerprint density at radius 2 is 2.16 bits per heavy atom. The lowest BCUT2D eigenvalue weighted by atomic mass is 10.1. The van der Waals surface area contributed by atoms with E-state index in [1.54, 1.807) is 0 Å². The van der Waals surface area contributed by atoms with E-state index in [-0.39, 0.29) is 5.91 Å². The largest absolute Gasteiger partial charge is 0.493 e. The van der Waals surface area contributed by atoms with Crippen LogP contribution in [0.1, 0.15) is 30.9 Å². The molecule has 4 nitrogen and oxygen atoms in total. The zero-order chi connectivity index (χ0) is 14.3. The fourth-order valence-corrected chi connectivity index (χ4v) is 1.68. The Kier molecular flexibility index (Phi) is 6.36. The van der Waals surface area contributed by atoms with Gasteiger partial charge >= 0.3 is 0 Å². The minimum Gasteiger partial charge on any atom is -0.493 e. The maximum atomic E-state index is 11.5. The standard InChI is InChI=1S/C15H23NO3/c1-4-13(17)10-16-15(18)7-8-19-14-6-5-11(2)9-12(14)3/h5-6,9,13,17H,4,7-8,10H2,1-3H3,(H,16,18). The second kappa shape index (κ2) is 7.79. The van der Waals surface area contributed by atoms with Gasteiger partial charge in [-0.15, -0.1) is 0 Å². The lowest BCUT2D eigenvalue weighted by molar-refractivity contribution is -0.122. The number of rotatable bonds is 7.